The van der Waals surface area contributed by atoms with Crippen LogP contribution >= 0.6 is 0 Å². The Morgan fingerprint density at radius 2 is 1.88 bits per heavy atom. The molecule has 1 atom stereocenters. The van der Waals surface area contributed by atoms with Crippen LogP contribution in [0.2, 0.25) is 0 Å². The smallest absolute Gasteiger partial charge is 0.313 e. The van der Waals surface area contributed by atoms with Gasteiger partial charge in [-0.05, 0) is 61.4 Å². The number of carbonyl (C=O) groups excluding carboxylic acids is 2. The number of aryl methyl sites for hydroxylation is 2. The number of rotatable bonds is 3. The van der Waals surface area contributed by atoms with Gasteiger partial charge in [0.25, 0.3) is 0 Å². The molecular formula is C19H21N3O2. The average molecular weight is 323 g/mol. The minimum Gasteiger partial charge on any atom is -0.341 e. The Kier molecular flexibility index (Phi) is 4.89. The Morgan fingerprint density at radius 1 is 1.08 bits per heavy atom. The van der Waals surface area contributed by atoms with Gasteiger partial charge in [0, 0.05) is 6.20 Å². The van der Waals surface area contributed by atoms with E-state index in [9.17, 15) is 9.59 Å². The van der Waals surface area contributed by atoms with Gasteiger partial charge in [-0.25, -0.2) is 0 Å². The lowest BCUT2D eigenvalue weighted by molar-refractivity contribution is -0.136. The standard InChI is InChI=1S/C19H21N3O2/c1-13(15-9-8-14-5-2-3-6-16(14)11-15)21-18(23)19(24)22-17-7-4-10-20-12-17/h4,7-13H,2-3,5-6H2,1H3,(H,21,23)(H,22,24). The van der Waals surface area contributed by atoms with E-state index in [0.717, 1.165) is 18.4 Å². The third-order valence-corrected chi connectivity index (χ3v) is 4.35. The maximum Gasteiger partial charge on any atom is 0.313 e. The van der Waals surface area contributed by atoms with Crippen LogP contribution in [0.15, 0.2) is 42.7 Å². The molecule has 3 rings (SSSR count). The molecule has 0 spiro atoms. The Morgan fingerprint density at radius 3 is 2.62 bits per heavy atom. The van der Waals surface area contributed by atoms with E-state index in [-0.39, 0.29) is 6.04 Å². The third-order valence-electron chi connectivity index (χ3n) is 4.35. The van der Waals surface area contributed by atoms with Crippen molar-refractivity contribution >= 4 is 17.5 Å². The molecule has 5 nitrogen and oxygen atoms in total. The molecule has 5 heteroatoms. The number of hydrogen-bond acceptors (Lipinski definition) is 3. The monoisotopic (exact) mass is 323 g/mol. The molecule has 1 unspecified atom stereocenters. The first-order chi connectivity index (χ1) is 11.6. The number of carbonyl (C=O) groups is 2. The topological polar surface area (TPSA) is 71.1 Å². The summed E-state index contributed by atoms with van der Waals surface area (Å²) in [4.78, 5) is 27.9. The number of benzene rings is 1. The van der Waals surface area contributed by atoms with E-state index < -0.39 is 11.8 Å². The molecule has 1 heterocycles. The Labute approximate surface area is 141 Å². The molecule has 124 valence electrons. The van der Waals surface area contributed by atoms with Gasteiger partial charge in [-0.1, -0.05) is 18.2 Å². The summed E-state index contributed by atoms with van der Waals surface area (Å²) in [5.41, 5.74) is 4.29. The normalized spacial score (nSPS) is 14.4. The van der Waals surface area contributed by atoms with Crippen LogP contribution in [0.1, 0.15) is 42.5 Å². The van der Waals surface area contributed by atoms with Crippen LogP contribution in [-0.2, 0) is 22.4 Å². The van der Waals surface area contributed by atoms with E-state index in [1.54, 1.807) is 18.3 Å². The summed E-state index contributed by atoms with van der Waals surface area (Å²) in [5, 5.41) is 5.29. The summed E-state index contributed by atoms with van der Waals surface area (Å²) in [7, 11) is 0. The molecule has 2 aromatic rings. The lowest BCUT2D eigenvalue weighted by Crippen LogP contribution is -2.37. The second kappa shape index (κ2) is 7.25. The summed E-state index contributed by atoms with van der Waals surface area (Å²) < 4.78 is 0. The summed E-state index contributed by atoms with van der Waals surface area (Å²) >= 11 is 0. The van der Waals surface area contributed by atoms with E-state index >= 15 is 0 Å². The quantitative estimate of drug-likeness (QED) is 0.853. The van der Waals surface area contributed by atoms with Crippen LogP contribution in [0.25, 0.3) is 0 Å². The van der Waals surface area contributed by atoms with Crippen molar-refractivity contribution in [3.63, 3.8) is 0 Å². The van der Waals surface area contributed by atoms with Crippen LogP contribution in [0.5, 0.6) is 0 Å². The SMILES string of the molecule is CC(NC(=O)C(=O)Nc1cccnc1)c1ccc2c(c1)CCCC2. The molecule has 0 saturated heterocycles. The molecule has 1 aromatic carbocycles. The number of fused-ring (bicyclic) bond motifs is 1. The van der Waals surface area contributed by atoms with Crippen LogP contribution in [0, 0.1) is 0 Å². The highest BCUT2D eigenvalue weighted by Crippen LogP contribution is 2.24. The van der Waals surface area contributed by atoms with Crippen molar-refractivity contribution < 1.29 is 9.59 Å². The van der Waals surface area contributed by atoms with E-state index in [2.05, 4.69) is 27.8 Å². The van der Waals surface area contributed by atoms with Gasteiger partial charge in [-0.2, -0.15) is 0 Å². The molecule has 24 heavy (non-hydrogen) atoms. The molecule has 1 aliphatic carbocycles. The second-order valence-electron chi connectivity index (χ2n) is 6.13. The van der Waals surface area contributed by atoms with Crippen molar-refractivity contribution in [2.45, 2.75) is 38.6 Å². The fraction of sp³-hybridized carbons (Fsp3) is 0.316. The number of hydrogen-bond donors (Lipinski definition) is 2. The largest absolute Gasteiger partial charge is 0.341 e. The first kappa shape index (κ1) is 16.2. The fourth-order valence-electron chi connectivity index (χ4n) is 2.99. The van der Waals surface area contributed by atoms with Gasteiger partial charge in [0.1, 0.15) is 0 Å². The molecule has 0 radical (unpaired) electrons. The van der Waals surface area contributed by atoms with Gasteiger partial charge < -0.3 is 10.6 Å². The van der Waals surface area contributed by atoms with Gasteiger partial charge in [0.05, 0.1) is 17.9 Å². The van der Waals surface area contributed by atoms with Crippen LogP contribution in [0.3, 0.4) is 0 Å². The summed E-state index contributed by atoms with van der Waals surface area (Å²) in [5.74, 6) is -1.34. The maximum atomic E-state index is 12.1. The van der Waals surface area contributed by atoms with Gasteiger partial charge >= 0.3 is 11.8 Å². The molecule has 1 aliphatic rings. The highest BCUT2D eigenvalue weighted by molar-refractivity contribution is 6.39. The third kappa shape index (κ3) is 3.79. The molecule has 2 amide bonds. The van der Waals surface area contributed by atoms with Gasteiger partial charge in [-0.15, -0.1) is 0 Å². The number of anilines is 1. The number of pyridine rings is 1. The zero-order valence-electron chi connectivity index (χ0n) is 13.7. The summed E-state index contributed by atoms with van der Waals surface area (Å²) in [6, 6.07) is 9.49. The minimum atomic E-state index is -0.687. The summed E-state index contributed by atoms with van der Waals surface area (Å²) in [6.45, 7) is 1.89. The predicted molar refractivity (Wildman–Crippen MR) is 92.5 cm³/mol. The van der Waals surface area contributed by atoms with Crippen molar-refractivity contribution in [2.75, 3.05) is 5.32 Å². The van der Waals surface area contributed by atoms with E-state index in [1.165, 1.54) is 30.2 Å². The molecule has 0 fully saturated rings. The highest BCUT2D eigenvalue weighted by atomic mass is 16.2. The van der Waals surface area contributed by atoms with E-state index in [4.69, 9.17) is 0 Å². The van der Waals surface area contributed by atoms with Gasteiger partial charge in [0.15, 0.2) is 0 Å². The zero-order chi connectivity index (χ0) is 16.9. The van der Waals surface area contributed by atoms with Crippen LogP contribution < -0.4 is 10.6 Å². The molecule has 0 aliphatic heterocycles. The van der Waals surface area contributed by atoms with Crippen molar-refractivity contribution in [3.8, 4) is 0 Å². The lowest BCUT2D eigenvalue weighted by Gasteiger charge is -2.20. The van der Waals surface area contributed by atoms with Crippen molar-refractivity contribution in [3.05, 3.63) is 59.4 Å². The molecule has 2 N–H and O–H groups in total. The molecular weight excluding hydrogens is 302 g/mol. The molecule has 1 aromatic heterocycles. The van der Waals surface area contributed by atoms with Crippen molar-refractivity contribution in [1.82, 2.24) is 10.3 Å². The summed E-state index contributed by atoms with van der Waals surface area (Å²) in [6.07, 6.45) is 7.78. The van der Waals surface area contributed by atoms with Crippen LogP contribution in [-0.4, -0.2) is 16.8 Å². The zero-order valence-corrected chi connectivity index (χ0v) is 13.7. The second-order valence-corrected chi connectivity index (χ2v) is 6.13. The Hall–Kier alpha value is -2.69. The lowest BCUT2D eigenvalue weighted by atomic mass is 9.89. The Balaban J connectivity index is 1.62. The fourth-order valence-corrected chi connectivity index (χ4v) is 2.99. The number of aromatic nitrogens is 1. The number of nitrogens with zero attached hydrogens (tertiary/aromatic N) is 1. The van der Waals surface area contributed by atoms with Crippen molar-refractivity contribution in [1.29, 1.82) is 0 Å². The minimum absolute atomic E-state index is 0.218. The molecule has 0 saturated carbocycles. The van der Waals surface area contributed by atoms with E-state index in [0.29, 0.717) is 5.69 Å². The van der Waals surface area contributed by atoms with Crippen molar-refractivity contribution in [2.24, 2.45) is 0 Å². The molecule has 0 bridgehead atoms. The van der Waals surface area contributed by atoms with Gasteiger partial charge in [0.2, 0.25) is 0 Å². The maximum absolute atomic E-state index is 12.1. The predicted octanol–water partition coefficient (Wildman–Crippen LogP) is 2.78. The number of nitrogens with one attached hydrogen (secondary N) is 2. The first-order valence-corrected chi connectivity index (χ1v) is 8.27. The number of amides is 2. The van der Waals surface area contributed by atoms with E-state index in [1.807, 2.05) is 13.0 Å². The average Bonchev–Trinajstić information content (AvgIpc) is 2.62. The van der Waals surface area contributed by atoms with Gasteiger partial charge in [-0.3, -0.25) is 14.6 Å². The highest BCUT2D eigenvalue weighted by Gasteiger charge is 2.18. The first-order valence-electron chi connectivity index (χ1n) is 8.27. The Bertz CT molecular complexity index is 744. The van der Waals surface area contributed by atoms with Crippen LogP contribution in [0.4, 0.5) is 5.69 Å².